The van der Waals surface area contributed by atoms with E-state index in [-0.39, 0.29) is 5.41 Å². The van der Waals surface area contributed by atoms with Gasteiger partial charge in [-0.05, 0) is 31.5 Å². The highest BCUT2D eigenvalue weighted by molar-refractivity contribution is 5.86. The second-order valence-electron chi connectivity index (χ2n) is 7.54. The number of aromatic nitrogens is 2. The monoisotopic (exact) mass is 338 g/mol. The molecule has 132 valence electrons. The third kappa shape index (κ3) is 2.76. The molecule has 1 aromatic carbocycles. The second kappa shape index (κ2) is 6.30. The topological polar surface area (TPSA) is 41.4 Å². The normalized spacial score (nSPS) is 23.5. The summed E-state index contributed by atoms with van der Waals surface area (Å²) in [5.74, 6) is 1.73. The number of piperidine rings is 1. The summed E-state index contributed by atoms with van der Waals surface area (Å²) in [6, 6.07) is 10.6. The van der Waals surface area contributed by atoms with E-state index in [4.69, 9.17) is 0 Å². The summed E-state index contributed by atoms with van der Waals surface area (Å²) in [4.78, 5) is 21.8. The summed E-state index contributed by atoms with van der Waals surface area (Å²) in [7, 11) is 3.99. The lowest BCUT2D eigenvalue weighted by Gasteiger charge is -2.41. The van der Waals surface area contributed by atoms with Crippen molar-refractivity contribution in [2.75, 3.05) is 26.7 Å². The molecule has 0 N–H and O–H groups in total. The van der Waals surface area contributed by atoms with E-state index in [1.807, 2.05) is 37.5 Å². The molecule has 2 aromatic rings. The molecule has 2 aliphatic rings. The molecule has 0 bridgehead atoms. The van der Waals surface area contributed by atoms with Crippen LogP contribution in [0, 0.1) is 5.41 Å². The molecule has 0 saturated carbocycles. The van der Waals surface area contributed by atoms with Gasteiger partial charge in [0, 0.05) is 39.0 Å². The van der Waals surface area contributed by atoms with E-state index in [1.54, 1.807) is 0 Å². The van der Waals surface area contributed by atoms with E-state index in [2.05, 4.69) is 38.7 Å². The maximum atomic E-state index is 13.0. The largest absolute Gasteiger partial charge is 0.345 e. The SMILES string of the molecule is CN1C[C@@H](c2ccccc2)C2(CCN(Cc3nccn3C)CC2)C1=O. The van der Waals surface area contributed by atoms with Crippen molar-refractivity contribution in [1.82, 2.24) is 19.4 Å². The first kappa shape index (κ1) is 16.3. The van der Waals surface area contributed by atoms with E-state index >= 15 is 0 Å². The van der Waals surface area contributed by atoms with Crippen molar-refractivity contribution in [1.29, 1.82) is 0 Å². The van der Waals surface area contributed by atoms with Crippen LogP contribution in [0.15, 0.2) is 42.7 Å². The molecule has 0 radical (unpaired) electrons. The molecule has 4 rings (SSSR count). The Morgan fingerprint density at radius 3 is 2.52 bits per heavy atom. The number of imidazole rings is 1. The molecule has 5 heteroatoms. The number of hydrogen-bond acceptors (Lipinski definition) is 3. The highest BCUT2D eigenvalue weighted by atomic mass is 16.2. The summed E-state index contributed by atoms with van der Waals surface area (Å²) >= 11 is 0. The van der Waals surface area contributed by atoms with Gasteiger partial charge in [0.05, 0.1) is 12.0 Å². The van der Waals surface area contributed by atoms with Crippen molar-refractivity contribution < 1.29 is 4.79 Å². The van der Waals surface area contributed by atoms with Crippen LogP contribution in [-0.2, 0) is 18.4 Å². The van der Waals surface area contributed by atoms with E-state index in [0.717, 1.165) is 44.8 Å². The standard InChI is InChI=1S/C20H26N4O/c1-22-13-10-21-18(22)15-24-11-8-20(9-12-24)17(14-23(2)19(20)25)16-6-4-3-5-7-16/h3-7,10,13,17H,8-9,11-12,14-15H2,1-2H3/t17-/m0/s1. The zero-order valence-corrected chi connectivity index (χ0v) is 15.1. The van der Waals surface area contributed by atoms with Crippen LogP contribution in [0.4, 0.5) is 0 Å². The van der Waals surface area contributed by atoms with Crippen molar-refractivity contribution in [3.63, 3.8) is 0 Å². The zero-order chi connectivity index (χ0) is 17.4. The number of hydrogen-bond donors (Lipinski definition) is 0. The van der Waals surface area contributed by atoms with Gasteiger partial charge in [0.1, 0.15) is 5.82 Å². The Hall–Kier alpha value is -2.14. The molecule has 3 heterocycles. The Bertz CT molecular complexity index is 746. The summed E-state index contributed by atoms with van der Waals surface area (Å²) in [6.07, 6.45) is 5.70. The predicted molar refractivity (Wildman–Crippen MR) is 97.0 cm³/mol. The van der Waals surface area contributed by atoms with Crippen molar-refractivity contribution in [2.45, 2.75) is 25.3 Å². The first-order chi connectivity index (χ1) is 12.1. The third-order valence-electron chi connectivity index (χ3n) is 6.13. The van der Waals surface area contributed by atoms with Gasteiger partial charge in [-0.25, -0.2) is 4.98 Å². The van der Waals surface area contributed by atoms with Crippen molar-refractivity contribution in [3.8, 4) is 0 Å². The minimum atomic E-state index is -0.228. The van der Waals surface area contributed by atoms with Gasteiger partial charge in [-0.15, -0.1) is 0 Å². The number of benzene rings is 1. The van der Waals surface area contributed by atoms with Crippen LogP contribution in [0.2, 0.25) is 0 Å². The Morgan fingerprint density at radius 2 is 1.88 bits per heavy atom. The van der Waals surface area contributed by atoms with Crippen molar-refractivity contribution >= 4 is 5.91 Å². The number of amides is 1. The van der Waals surface area contributed by atoms with Gasteiger partial charge >= 0.3 is 0 Å². The summed E-state index contributed by atoms with van der Waals surface area (Å²) in [5, 5.41) is 0. The second-order valence-corrected chi connectivity index (χ2v) is 7.54. The van der Waals surface area contributed by atoms with Crippen molar-refractivity contribution in [3.05, 3.63) is 54.1 Å². The molecule has 0 aliphatic carbocycles. The number of likely N-dealkylation sites (tertiary alicyclic amines) is 2. The molecule has 25 heavy (non-hydrogen) atoms. The number of nitrogens with zero attached hydrogens (tertiary/aromatic N) is 4. The molecular formula is C20H26N4O. The average molecular weight is 338 g/mol. The summed E-state index contributed by atoms with van der Waals surface area (Å²) in [5.41, 5.74) is 1.08. The lowest BCUT2D eigenvalue weighted by atomic mass is 9.68. The van der Waals surface area contributed by atoms with Gasteiger partial charge in [0.15, 0.2) is 0 Å². The highest BCUT2D eigenvalue weighted by Crippen LogP contribution is 2.50. The molecule has 1 atom stereocenters. The number of carbonyl (C=O) groups excluding carboxylic acids is 1. The van der Waals surface area contributed by atoms with Crippen LogP contribution in [-0.4, -0.2) is 51.9 Å². The Morgan fingerprint density at radius 1 is 1.16 bits per heavy atom. The van der Waals surface area contributed by atoms with Gasteiger partial charge in [-0.2, -0.15) is 0 Å². The maximum absolute atomic E-state index is 13.0. The van der Waals surface area contributed by atoms with E-state index < -0.39 is 0 Å². The minimum Gasteiger partial charge on any atom is -0.345 e. The molecular weight excluding hydrogens is 312 g/mol. The van der Waals surface area contributed by atoms with Crippen molar-refractivity contribution in [2.24, 2.45) is 12.5 Å². The number of likely N-dealkylation sites (N-methyl/N-ethyl adjacent to an activating group) is 1. The van der Waals surface area contributed by atoms with Gasteiger partial charge in [-0.1, -0.05) is 30.3 Å². The molecule has 1 aromatic heterocycles. The van der Waals surface area contributed by atoms with Crippen LogP contribution < -0.4 is 0 Å². The summed E-state index contributed by atoms with van der Waals surface area (Å²) < 4.78 is 2.08. The first-order valence-electron chi connectivity index (χ1n) is 9.09. The lowest BCUT2D eigenvalue weighted by Crippen LogP contribution is -2.46. The molecule has 1 spiro atoms. The average Bonchev–Trinajstić information content (AvgIpc) is 3.14. The molecule has 2 fully saturated rings. The molecule has 5 nitrogen and oxygen atoms in total. The van der Waals surface area contributed by atoms with Gasteiger partial charge in [0.25, 0.3) is 0 Å². The van der Waals surface area contributed by atoms with E-state index in [1.165, 1.54) is 5.56 Å². The van der Waals surface area contributed by atoms with Crippen LogP contribution in [0.1, 0.15) is 30.1 Å². The van der Waals surface area contributed by atoms with Gasteiger partial charge < -0.3 is 9.47 Å². The summed E-state index contributed by atoms with van der Waals surface area (Å²) in [6.45, 7) is 3.60. The molecule has 2 saturated heterocycles. The number of aryl methyl sites for hydroxylation is 1. The highest BCUT2D eigenvalue weighted by Gasteiger charge is 2.54. The predicted octanol–water partition coefficient (Wildman–Crippen LogP) is 2.26. The number of rotatable bonds is 3. The van der Waals surface area contributed by atoms with Crippen LogP contribution in [0.3, 0.4) is 0 Å². The fourth-order valence-corrected chi connectivity index (χ4v) is 4.59. The smallest absolute Gasteiger partial charge is 0.229 e. The van der Waals surface area contributed by atoms with Crippen LogP contribution in [0.25, 0.3) is 0 Å². The fraction of sp³-hybridized carbons (Fsp3) is 0.500. The van der Waals surface area contributed by atoms with E-state index in [9.17, 15) is 4.79 Å². The van der Waals surface area contributed by atoms with E-state index in [0.29, 0.717) is 11.8 Å². The van der Waals surface area contributed by atoms with Crippen LogP contribution >= 0.6 is 0 Å². The van der Waals surface area contributed by atoms with Gasteiger partial charge in [0.2, 0.25) is 5.91 Å². The Kier molecular flexibility index (Phi) is 4.12. The minimum absolute atomic E-state index is 0.228. The fourth-order valence-electron chi connectivity index (χ4n) is 4.59. The van der Waals surface area contributed by atoms with Crippen LogP contribution in [0.5, 0.6) is 0 Å². The maximum Gasteiger partial charge on any atom is 0.229 e. The molecule has 2 aliphatic heterocycles. The first-order valence-corrected chi connectivity index (χ1v) is 9.09. The third-order valence-corrected chi connectivity index (χ3v) is 6.13. The lowest BCUT2D eigenvalue weighted by molar-refractivity contribution is -0.137. The molecule has 1 amide bonds. The Labute approximate surface area is 149 Å². The quantitative estimate of drug-likeness (QED) is 0.862. The Balaban J connectivity index is 1.53. The molecule has 0 unspecified atom stereocenters. The zero-order valence-electron chi connectivity index (χ0n) is 15.1. The van der Waals surface area contributed by atoms with Gasteiger partial charge in [-0.3, -0.25) is 9.69 Å². The number of carbonyl (C=O) groups is 1.